The van der Waals surface area contributed by atoms with Crippen LogP contribution in [0.1, 0.15) is 18.5 Å². The first-order valence-corrected chi connectivity index (χ1v) is 8.12. The van der Waals surface area contributed by atoms with Gasteiger partial charge in [0.25, 0.3) is 5.91 Å². The number of fused-ring (bicyclic) bond motifs is 1. The quantitative estimate of drug-likeness (QED) is 0.874. The van der Waals surface area contributed by atoms with Gasteiger partial charge in [0.05, 0.1) is 13.2 Å². The van der Waals surface area contributed by atoms with Crippen molar-refractivity contribution in [3.63, 3.8) is 0 Å². The zero-order valence-electron chi connectivity index (χ0n) is 14.3. The van der Waals surface area contributed by atoms with Crippen LogP contribution in [0.4, 0.5) is 0 Å². The largest absolute Gasteiger partial charge is 0.493 e. The summed E-state index contributed by atoms with van der Waals surface area (Å²) in [5.41, 5.74) is 0.940. The first-order valence-electron chi connectivity index (χ1n) is 8.12. The molecule has 0 spiro atoms. The fourth-order valence-electron chi connectivity index (χ4n) is 2.58. The predicted octanol–water partition coefficient (Wildman–Crippen LogP) is 2.72. The SMILES string of the molecule is COc1ccccc1OCC(=O)N[C@@H](C)c1ccc2c(c1)OCCO2. The van der Waals surface area contributed by atoms with E-state index in [1.165, 1.54) is 0 Å². The molecule has 0 bridgehead atoms. The number of methoxy groups -OCH3 is 1. The van der Waals surface area contributed by atoms with Gasteiger partial charge in [-0.1, -0.05) is 18.2 Å². The molecular formula is C19H21NO5. The highest BCUT2D eigenvalue weighted by atomic mass is 16.6. The highest BCUT2D eigenvalue weighted by Crippen LogP contribution is 2.32. The summed E-state index contributed by atoms with van der Waals surface area (Å²) in [5, 5.41) is 2.91. The maximum Gasteiger partial charge on any atom is 0.258 e. The highest BCUT2D eigenvalue weighted by molar-refractivity contribution is 5.78. The van der Waals surface area contributed by atoms with Crippen LogP contribution < -0.4 is 24.3 Å². The summed E-state index contributed by atoms with van der Waals surface area (Å²) >= 11 is 0. The normalized spacial score (nSPS) is 13.7. The van der Waals surface area contributed by atoms with E-state index in [0.29, 0.717) is 30.5 Å². The Labute approximate surface area is 146 Å². The third-order valence-electron chi connectivity index (χ3n) is 3.87. The minimum absolute atomic E-state index is 0.0880. The van der Waals surface area contributed by atoms with Crippen molar-refractivity contribution in [1.82, 2.24) is 5.32 Å². The van der Waals surface area contributed by atoms with E-state index in [1.54, 1.807) is 19.2 Å². The molecule has 0 saturated carbocycles. The van der Waals surface area contributed by atoms with E-state index >= 15 is 0 Å². The lowest BCUT2D eigenvalue weighted by atomic mass is 10.1. The third-order valence-corrected chi connectivity index (χ3v) is 3.87. The Morgan fingerprint density at radius 1 is 1.12 bits per heavy atom. The molecule has 1 N–H and O–H groups in total. The Hall–Kier alpha value is -2.89. The summed E-state index contributed by atoms with van der Waals surface area (Å²) in [7, 11) is 1.56. The number of nitrogens with one attached hydrogen (secondary N) is 1. The van der Waals surface area contributed by atoms with Crippen molar-refractivity contribution in [3.8, 4) is 23.0 Å². The fraction of sp³-hybridized carbons (Fsp3) is 0.316. The average molecular weight is 343 g/mol. The minimum Gasteiger partial charge on any atom is -0.493 e. The summed E-state index contributed by atoms with van der Waals surface area (Å²) in [6.07, 6.45) is 0. The van der Waals surface area contributed by atoms with E-state index in [9.17, 15) is 4.79 Å². The van der Waals surface area contributed by atoms with Gasteiger partial charge in [0.2, 0.25) is 0 Å². The van der Waals surface area contributed by atoms with Crippen molar-refractivity contribution in [2.24, 2.45) is 0 Å². The van der Waals surface area contributed by atoms with Crippen LogP contribution in [-0.4, -0.2) is 32.8 Å². The highest BCUT2D eigenvalue weighted by Gasteiger charge is 2.16. The van der Waals surface area contributed by atoms with E-state index in [0.717, 1.165) is 11.3 Å². The maximum absolute atomic E-state index is 12.2. The summed E-state index contributed by atoms with van der Waals surface area (Å²) in [4.78, 5) is 12.2. The lowest BCUT2D eigenvalue weighted by molar-refractivity contribution is -0.123. The Morgan fingerprint density at radius 2 is 1.84 bits per heavy atom. The van der Waals surface area contributed by atoms with Gasteiger partial charge in [-0.05, 0) is 36.8 Å². The van der Waals surface area contributed by atoms with Gasteiger partial charge in [-0.15, -0.1) is 0 Å². The number of benzene rings is 2. The van der Waals surface area contributed by atoms with Gasteiger partial charge in [-0.2, -0.15) is 0 Å². The molecule has 1 heterocycles. The van der Waals surface area contributed by atoms with Crippen molar-refractivity contribution in [2.45, 2.75) is 13.0 Å². The van der Waals surface area contributed by atoms with E-state index in [2.05, 4.69) is 5.32 Å². The molecule has 1 atom stereocenters. The summed E-state index contributed by atoms with van der Waals surface area (Å²) in [5.74, 6) is 2.35. The van der Waals surface area contributed by atoms with E-state index in [4.69, 9.17) is 18.9 Å². The molecule has 0 aromatic heterocycles. The van der Waals surface area contributed by atoms with Crippen molar-refractivity contribution in [3.05, 3.63) is 48.0 Å². The Bertz CT molecular complexity index is 746. The molecule has 2 aromatic rings. The van der Waals surface area contributed by atoms with Gasteiger partial charge in [0, 0.05) is 0 Å². The van der Waals surface area contributed by atoms with Crippen molar-refractivity contribution < 1.29 is 23.7 Å². The third kappa shape index (κ3) is 4.15. The number of rotatable bonds is 6. The topological polar surface area (TPSA) is 66.0 Å². The Kier molecular flexibility index (Phi) is 5.28. The molecule has 2 aromatic carbocycles. The van der Waals surface area contributed by atoms with Gasteiger partial charge >= 0.3 is 0 Å². The molecule has 1 aliphatic heterocycles. The van der Waals surface area contributed by atoms with Crippen LogP contribution in [0.5, 0.6) is 23.0 Å². The van der Waals surface area contributed by atoms with Crippen LogP contribution in [0, 0.1) is 0 Å². The Balaban J connectivity index is 1.57. The standard InChI is InChI=1S/C19H21NO5/c1-13(14-7-8-17-18(11-14)24-10-9-23-17)20-19(21)12-25-16-6-4-3-5-15(16)22-2/h3-8,11,13H,9-10,12H2,1-2H3,(H,20,21)/t13-/m0/s1. The van der Waals surface area contributed by atoms with Gasteiger partial charge in [-0.3, -0.25) is 4.79 Å². The molecule has 132 valence electrons. The molecule has 6 nitrogen and oxygen atoms in total. The number of para-hydroxylation sites is 2. The monoisotopic (exact) mass is 343 g/mol. The van der Waals surface area contributed by atoms with Crippen LogP contribution >= 0.6 is 0 Å². The average Bonchev–Trinajstić information content (AvgIpc) is 2.66. The van der Waals surface area contributed by atoms with Gasteiger partial charge < -0.3 is 24.3 Å². The summed E-state index contributed by atoms with van der Waals surface area (Å²) in [6.45, 7) is 2.91. The summed E-state index contributed by atoms with van der Waals surface area (Å²) < 4.78 is 21.8. The number of carbonyl (C=O) groups excluding carboxylic acids is 1. The van der Waals surface area contributed by atoms with Crippen molar-refractivity contribution >= 4 is 5.91 Å². The van der Waals surface area contributed by atoms with Crippen molar-refractivity contribution in [1.29, 1.82) is 0 Å². The molecule has 3 rings (SSSR count). The molecule has 0 fully saturated rings. The van der Waals surface area contributed by atoms with Crippen LogP contribution in [0.15, 0.2) is 42.5 Å². The number of amides is 1. The van der Waals surface area contributed by atoms with Crippen LogP contribution in [-0.2, 0) is 4.79 Å². The molecule has 0 radical (unpaired) electrons. The minimum atomic E-state index is -0.215. The van der Waals surface area contributed by atoms with Crippen LogP contribution in [0.3, 0.4) is 0 Å². The van der Waals surface area contributed by atoms with Crippen molar-refractivity contribution in [2.75, 3.05) is 26.9 Å². The fourth-order valence-corrected chi connectivity index (χ4v) is 2.58. The van der Waals surface area contributed by atoms with Crippen LogP contribution in [0.25, 0.3) is 0 Å². The van der Waals surface area contributed by atoms with Gasteiger partial charge in [0.15, 0.2) is 29.6 Å². The molecule has 1 amide bonds. The lowest BCUT2D eigenvalue weighted by Gasteiger charge is -2.21. The smallest absolute Gasteiger partial charge is 0.258 e. The van der Waals surface area contributed by atoms with Crippen LogP contribution in [0.2, 0.25) is 0 Å². The predicted molar refractivity (Wildman–Crippen MR) is 92.5 cm³/mol. The zero-order chi connectivity index (χ0) is 17.6. The van der Waals surface area contributed by atoms with E-state index in [-0.39, 0.29) is 18.6 Å². The molecule has 0 saturated heterocycles. The first-order chi connectivity index (χ1) is 12.2. The molecule has 0 aliphatic carbocycles. The zero-order valence-corrected chi connectivity index (χ0v) is 14.3. The van der Waals surface area contributed by atoms with Gasteiger partial charge in [-0.25, -0.2) is 0 Å². The first kappa shape index (κ1) is 17.0. The second-order valence-electron chi connectivity index (χ2n) is 5.63. The molecule has 1 aliphatic rings. The number of hydrogen-bond acceptors (Lipinski definition) is 5. The number of ether oxygens (including phenoxy) is 4. The number of hydrogen-bond donors (Lipinski definition) is 1. The Morgan fingerprint density at radius 3 is 2.60 bits per heavy atom. The second-order valence-corrected chi connectivity index (χ2v) is 5.63. The number of carbonyl (C=O) groups is 1. The second kappa shape index (κ2) is 7.79. The molecule has 0 unspecified atom stereocenters. The molecular weight excluding hydrogens is 322 g/mol. The van der Waals surface area contributed by atoms with E-state index < -0.39 is 0 Å². The molecule has 6 heteroatoms. The van der Waals surface area contributed by atoms with Gasteiger partial charge in [0.1, 0.15) is 13.2 Å². The van der Waals surface area contributed by atoms with E-state index in [1.807, 2.05) is 37.3 Å². The lowest BCUT2D eigenvalue weighted by Crippen LogP contribution is -2.31. The maximum atomic E-state index is 12.2. The summed E-state index contributed by atoms with van der Waals surface area (Å²) in [6, 6.07) is 12.7. The molecule has 25 heavy (non-hydrogen) atoms.